The van der Waals surface area contributed by atoms with Crippen LogP contribution in [-0.2, 0) is 9.53 Å². The zero-order chi connectivity index (χ0) is 22.1. The minimum Gasteiger partial charge on any atom is -0.497 e. The molecule has 3 aromatic rings. The number of nitrogens with one attached hydrogen (secondary N) is 1. The van der Waals surface area contributed by atoms with E-state index in [4.69, 9.17) is 14.2 Å². The van der Waals surface area contributed by atoms with Gasteiger partial charge in [-0.3, -0.25) is 14.6 Å². The molecule has 7 nitrogen and oxygen atoms in total. The van der Waals surface area contributed by atoms with Gasteiger partial charge in [0.05, 0.1) is 32.4 Å². The molecule has 2 aromatic carbocycles. The van der Waals surface area contributed by atoms with Crippen LogP contribution in [-0.4, -0.2) is 30.6 Å². The van der Waals surface area contributed by atoms with Gasteiger partial charge in [-0.25, -0.2) is 0 Å². The topological polar surface area (TPSA) is 86.8 Å². The molecule has 0 aliphatic heterocycles. The molecular formula is C24H24N2O5. The first-order valence-electron chi connectivity index (χ1n) is 9.87. The third kappa shape index (κ3) is 6.30. The maximum absolute atomic E-state index is 12.8. The number of hydrogen-bond acceptors (Lipinski definition) is 6. The third-order valence-electron chi connectivity index (χ3n) is 4.46. The molecule has 0 aliphatic carbocycles. The number of hydrogen-bond donors (Lipinski definition) is 1. The second kappa shape index (κ2) is 10.8. The van der Waals surface area contributed by atoms with Crippen LogP contribution in [0.4, 0.5) is 0 Å². The number of ether oxygens (including phenoxy) is 3. The lowest BCUT2D eigenvalue weighted by Gasteiger charge is -2.19. The summed E-state index contributed by atoms with van der Waals surface area (Å²) >= 11 is 0. The van der Waals surface area contributed by atoms with E-state index < -0.39 is 12.0 Å². The van der Waals surface area contributed by atoms with Gasteiger partial charge in [0, 0.05) is 11.8 Å². The molecule has 1 aromatic heterocycles. The normalized spacial score (nSPS) is 11.3. The second-order valence-corrected chi connectivity index (χ2v) is 6.63. The van der Waals surface area contributed by atoms with E-state index in [0.29, 0.717) is 22.8 Å². The van der Waals surface area contributed by atoms with Gasteiger partial charge < -0.3 is 19.5 Å². The van der Waals surface area contributed by atoms with E-state index >= 15 is 0 Å². The van der Waals surface area contributed by atoms with Crippen LogP contribution in [0.2, 0.25) is 0 Å². The quantitative estimate of drug-likeness (QED) is 0.519. The SMILES string of the molecule is CCOC(=O)CC(NC(=O)c1ccc(Oc2cccnc2)cc1)c1cccc(OC)c1. The predicted octanol–water partition coefficient (Wildman–Crippen LogP) is 4.31. The zero-order valence-electron chi connectivity index (χ0n) is 17.4. The molecule has 1 heterocycles. The lowest BCUT2D eigenvalue weighted by atomic mass is 10.0. The molecule has 1 unspecified atom stereocenters. The van der Waals surface area contributed by atoms with E-state index in [1.54, 1.807) is 75.0 Å². The summed E-state index contributed by atoms with van der Waals surface area (Å²) < 4.78 is 16.0. The molecule has 0 bridgehead atoms. The van der Waals surface area contributed by atoms with Gasteiger partial charge >= 0.3 is 5.97 Å². The van der Waals surface area contributed by atoms with Crippen molar-refractivity contribution in [2.45, 2.75) is 19.4 Å². The van der Waals surface area contributed by atoms with Crippen molar-refractivity contribution in [3.8, 4) is 17.2 Å². The predicted molar refractivity (Wildman–Crippen MR) is 115 cm³/mol. The third-order valence-corrected chi connectivity index (χ3v) is 4.46. The van der Waals surface area contributed by atoms with Crippen LogP contribution in [0.15, 0.2) is 73.1 Å². The molecule has 1 amide bonds. The summed E-state index contributed by atoms with van der Waals surface area (Å²) in [7, 11) is 1.56. The van der Waals surface area contributed by atoms with E-state index in [9.17, 15) is 9.59 Å². The molecule has 0 saturated heterocycles. The van der Waals surface area contributed by atoms with Crippen molar-refractivity contribution in [3.05, 3.63) is 84.2 Å². The molecular weight excluding hydrogens is 396 g/mol. The van der Waals surface area contributed by atoms with E-state index in [-0.39, 0.29) is 18.9 Å². The fourth-order valence-corrected chi connectivity index (χ4v) is 2.96. The van der Waals surface area contributed by atoms with E-state index in [1.807, 2.05) is 12.1 Å². The maximum atomic E-state index is 12.8. The minimum atomic E-state index is -0.562. The average Bonchev–Trinajstić information content (AvgIpc) is 2.80. The Labute approximate surface area is 181 Å². The standard InChI is InChI=1S/C24H24N2O5/c1-3-30-23(27)15-22(18-6-4-7-20(14-18)29-2)26-24(28)17-9-11-19(12-10-17)31-21-8-5-13-25-16-21/h4-14,16,22H,3,15H2,1-2H3,(H,26,28). The van der Waals surface area contributed by atoms with Gasteiger partial charge in [-0.1, -0.05) is 12.1 Å². The summed E-state index contributed by atoms with van der Waals surface area (Å²) in [5, 5.41) is 2.91. The van der Waals surface area contributed by atoms with Gasteiger partial charge in [-0.05, 0) is 61.0 Å². The fourth-order valence-electron chi connectivity index (χ4n) is 2.96. The van der Waals surface area contributed by atoms with Crippen LogP contribution in [0, 0.1) is 0 Å². The molecule has 31 heavy (non-hydrogen) atoms. The van der Waals surface area contributed by atoms with E-state index in [1.165, 1.54) is 0 Å². The van der Waals surface area contributed by atoms with Crippen LogP contribution < -0.4 is 14.8 Å². The summed E-state index contributed by atoms with van der Waals surface area (Å²) in [6.45, 7) is 2.02. The number of methoxy groups -OCH3 is 1. The Balaban J connectivity index is 1.73. The molecule has 0 spiro atoms. The first-order chi connectivity index (χ1) is 15.1. The summed E-state index contributed by atoms with van der Waals surface area (Å²) in [5.41, 5.74) is 1.19. The van der Waals surface area contributed by atoms with E-state index in [0.717, 1.165) is 5.56 Å². The Morgan fingerprint density at radius 3 is 2.45 bits per heavy atom. The van der Waals surface area contributed by atoms with Crippen molar-refractivity contribution in [2.24, 2.45) is 0 Å². The molecule has 0 fully saturated rings. The highest BCUT2D eigenvalue weighted by Crippen LogP contribution is 2.24. The number of carbonyl (C=O) groups excluding carboxylic acids is 2. The molecule has 3 rings (SSSR count). The highest BCUT2D eigenvalue weighted by molar-refractivity contribution is 5.94. The van der Waals surface area contributed by atoms with Gasteiger partial charge in [0.1, 0.15) is 17.2 Å². The summed E-state index contributed by atoms with van der Waals surface area (Å²) in [5.74, 6) is 1.12. The van der Waals surface area contributed by atoms with Crippen molar-refractivity contribution in [1.29, 1.82) is 0 Å². The molecule has 0 aliphatic rings. The Bertz CT molecular complexity index is 1010. The minimum absolute atomic E-state index is 0.00888. The lowest BCUT2D eigenvalue weighted by Crippen LogP contribution is -2.30. The molecule has 1 atom stereocenters. The first-order valence-corrected chi connectivity index (χ1v) is 9.87. The average molecular weight is 420 g/mol. The molecule has 0 saturated carbocycles. The van der Waals surface area contributed by atoms with Gasteiger partial charge in [-0.2, -0.15) is 0 Å². The van der Waals surface area contributed by atoms with Gasteiger partial charge in [-0.15, -0.1) is 0 Å². The number of rotatable bonds is 9. The van der Waals surface area contributed by atoms with Crippen molar-refractivity contribution in [2.75, 3.05) is 13.7 Å². The number of pyridine rings is 1. The number of amides is 1. The number of benzene rings is 2. The Morgan fingerprint density at radius 1 is 1.00 bits per heavy atom. The molecule has 1 N–H and O–H groups in total. The largest absolute Gasteiger partial charge is 0.497 e. The number of esters is 1. The Morgan fingerprint density at radius 2 is 1.77 bits per heavy atom. The molecule has 0 radical (unpaired) electrons. The fraction of sp³-hybridized carbons (Fsp3) is 0.208. The molecule has 7 heteroatoms. The highest BCUT2D eigenvalue weighted by Gasteiger charge is 2.20. The van der Waals surface area contributed by atoms with E-state index in [2.05, 4.69) is 10.3 Å². The highest BCUT2D eigenvalue weighted by atomic mass is 16.5. The van der Waals surface area contributed by atoms with Gasteiger partial charge in [0.15, 0.2) is 0 Å². The summed E-state index contributed by atoms with van der Waals surface area (Å²) in [6.07, 6.45) is 3.28. The van der Waals surface area contributed by atoms with Crippen molar-refractivity contribution >= 4 is 11.9 Å². The Hall–Kier alpha value is -3.87. The van der Waals surface area contributed by atoms with Crippen LogP contribution in [0.3, 0.4) is 0 Å². The smallest absolute Gasteiger partial charge is 0.308 e. The first kappa shape index (κ1) is 21.8. The number of carbonyl (C=O) groups is 2. The lowest BCUT2D eigenvalue weighted by molar-refractivity contribution is -0.143. The zero-order valence-corrected chi connectivity index (χ0v) is 17.4. The van der Waals surface area contributed by atoms with Crippen LogP contribution in [0.25, 0.3) is 0 Å². The summed E-state index contributed by atoms with van der Waals surface area (Å²) in [6, 6.07) is 17.0. The van der Waals surface area contributed by atoms with Crippen LogP contribution in [0.5, 0.6) is 17.2 Å². The van der Waals surface area contributed by atoms with Crippen molar-refractivity contribution < 1.29 is 23.8 Å². The Kier molecular flexibility index (Phi) is 7.59. The molecule has 160 valence electrons. The number of aromatic nitrogens is 1. The second-order valence-electron chi connectivity index (χ2n) is 6.63. The van der Waals surface area contributed by atoms with Crippen molar-refractivity contribution in [1.82, 2.24) is 10.3 Å². The van der Waals surface area contributed by atoms with Gasteiger partial charge in [0.25, 0.3) is 5.91 Å². The maximum Gasteiger partial charge on any atom is 0.308 e. The monoisotopic (exact) mass is 420 g/mol. The van der Waals surface area contributed by atoms with Crippen LogP contribution in [0.1, 0.15) is 35.3 Å². The number of nitrogens with zero attached hydrogens (tertiary/aromatic N) is 1. The van der Waals surface area contributed by atoms with Crippen LogP contribution >= 0.6 is 0 Å². The van der Waals surface area contributed by atoms with Crippen molar-refractivity contribution in [3.63, 3.8) is 0 Å². The summed E-state index contributed by atoms with van der Waals surface area (Å²) in [4.78, 5) is 28.9. The van der Waals surface area contributed by atoms with Gasteiger partial charge in [0.2, 0.25) is 0 Å².